The van der Waals surface area contributed by atoms with Crippen molar-refractivity contribution in [2.75, 3.05) is 6.61 Å². The molecular weight excluding hydrogens is 258 g/mol. The molecular formula is C14H21N3O3. The number of rotatable bonds is 2. The Hall–Kier alpha value is -1.43. The molecule has 0 aromatic carbocycles. The number of ether oxygens (including phenoxy) is 1. The van der Waals surface area contributed by atoms with Crippen LogP contribution in [0.1, 0.15) is 63.7 Å². The fraction of sp³-hybridized carbons (Fsp3) is 0.786. The largest absolute Gasteiger partial charge is 0.377 e. The van der Waals surface area contributed by atoms with Gasteiger partial charge in [0.05, 0.1) is 12.0 Å². The summed E-state index contributed by atoms with van der Waals surface area (Å²) in [7, 11) is 0. The molecule has 1 aromatic heterocycles. The van der Waals surface area contributed by atoms with Gasteiger partial charge in [0.2, 0.25) is 11.8 Å². The van der Waals surface area contributed by atoms with Crippen molar-refractivity contribution in [3.63, 3.8) is 0 Å². The van der Waals surface area contributed by atoms with Gasteiger partial charge in [0.1, 0.15) is 6.04 Å². The van der Waals surface area contributed by atoms with E-state index in [9.17, 15) is 4.79 Å². The Balaban J connectivity index is 1.78. The van der Waals surface area contributed by atoms with Crippen LogP contribution in [0.3, 0.4) is 0 Å². The van der Waals surface area contributed by atoms with Gasteiger partial charge in [-0.3, -0.25) is 4.79 Å². The summed E-state index contributed by atoms with van der Waals surface area (Å²) in [6.45, 7) is 7.22. The molecule has 0 aliphatic carbocycles. The molecule has 0 spiro atoms. The lowest BCUT2D eigenvalue weighted by molar-refractivity contribution is -0.119. The zero-order chi connectivity index (χ0) is 14.3. The number of hydrogen-bond acceptors (Lipinski definition) is 5. The van der Waals surface area contributed by atoms with Crippen molar-refractivity contribution < 1.29 is 14.1 Å². The van der Waals surface area contributed by atoms with Gasteiger partial charge in [-0.1, -0.05) is 25.9 Å². The van der Waals surface area contributed by atoms with Gasteiger partial charge in [0, 0.05) is 13.0 Å². The van der Waals surface area contributed by atoms with E-state index >= 15 is 0 Å². The van der Waals surface area contributed by atoms with E-state index in [1.807, 2.05) is 0 Å². The average Bonchev–Trinajstić information content (AvgIpc) is 3.06. The minimum atomic E-state index is -0.126. The fourth-order valence-electron chi connectivity index (χ4n) is 3.05. The molecule has 3 rings (SSSR count). The van der Waals surface area contributed by atoms with E-state index in [-0.39, 0.29) is 29.4 Å². The molecule has 1 unspecified atom stereocenters. The second-order valence-corrected chi connectivity index (χ2v) is 6.70. The lowest BCUT2D eigenvalue weighted by atomic mass is 9.81. The van der Waals surface area contributed by atoms with Gasteiger partial charge in [-0.15, -0.1) is 0 Å². The van der Waals surface area contributed by atoms with Crippen LogP contribution in [-0.2, 0) is 9.53 Å². The number of amides is 1. The van der Waals surface area contributed by atoms with Crippen molar-refractivity contribution in [1.29, 1.82) is 0 Å². The maximum atomic E-state index is 11.3. The third-order valence-electron chi connectivity index (χ3n) is 4.03. The van der Waals surface area contributed by atoms with Crippen molar-refractivity contribution in [2.45, 2.75) is 58.1 Å². The number of hydrogen-bond donors (Lipinski definition) is 1. The number of nitrogens with zero attached hydrogens (tertiary/aromatic N) is 2. The van der Waals surface area contributed by atoms with Crippen molar-refractivity contribution >= 4 is 5.91 Å². The SMILES string of the molecule is CC(C)(C)[C@@H]1OCC[C@H]1c1noc(C2CCC(=O)N2)n1. The van der Waals surface area contributed by atoms with E-state index in [0.717, 1.165) is 19.4 Å². The minimum Gasteiger partial charge on any atom is -0.377 e. The Morgan fingerprint density at radius 3 is 2.75 bits per heavy atom. The van der Waals surface area contributed by atoms with Crippen LogP contribution in [0.15, 0.2) is 4.52 Å². The first-order valence-corrected chi connectivity index (χ1v) is 7.19. The van der Waals surface area contributed by atoms with Crippen LogP contribution < -0.4 is 5.32 Å². The lowest BCUT2D eigenvalue weighted by Gasteiger charge is -2.29. The van der Waals surface area contributed by atoms with Crippen LogP contribution in [0.2, 0.25) is 0 Å². The molecule has 0 bridgehead atoms. The normalized spacial score (nSPS) is 30.8. The van der Waals surface area contributed by atoms with Gasteiger partial charge in [-0.2, -0.15) is 4.98 Å². The molecule has 2 aliphatic rings. The van der Waals surface area contributed by atoms with Crippen LogP contribution in [-0.4, -0.2) is 28.8 Å². The van der Waals surface area contributed by atoms with Crippen molar-refractivity contribution in [1.82, 2.24) is 15.5 Å². The van der Waals surface area contributed by atoms with Crippen molar-refractivity contribution in [3.8, 4) is 0 Å². The number of aromatic nitrogens is 2. The van der Waals surface area contributed by atoms with E-state index in [0.29, 0.717) is 18.1 Å². The van der Waals surface area contributed by atoms with Gasteiger partial charge < -0.3 is 14.6 Å². The van der Waals surface area contributed by atoms with Gasteiger partial charge in [0.15, 0.2) is 5.82 Å². The standard InChI is InChI=1S/C14H21N3O3/c1-14(2,3)11-8(6-7-19-11)12-16-13(20-17-12)9-4-5-10(18)15-9/h8-9,11H,4-7H2,1-3H3,(H,15,18)/t8-,9?,11-/m1/s1. The van der Waals surface area contributed by atoms with Crippen LogP contribution in [0, 0.1) is 5.41 Å². The summed E-state index contributed by atoms with van der Waals surface area (Å²) in [5, 5.41) is 6.96. The van der Waals surface area contributed by atoms with E-state index in [1.54, 1.807) is 0 Å². The average molecular weight is 279 g/mol. The Morgan fingerprint density at radius 1 is 1.30 bits per heavy atom. The van der Waals surface area contributed by atoms with E-state index < -0.39 is 0 Å². The predicted octanol–water partition coefficient (Wildman–Crippen LogP) is 1.94. The fourth-order valence-corrected chi connectivity index (χ4v) is 3.05. The summed E-state index contributed by atoms with van der Waals surface area (Å²) in [6, 6.07) is -0.126. The highest BCUT2D eigenvalue weighted by atomic mass is 16.5. The van der Waals surface area contributed by atoms with Gasteiger partial charge in [0.25, 0.3) is 0 Å². The highest BCUT2D eigenvalue weighted by molar-refractivity contribution is 5.78. The second kappa shape index (κ2) is 4.84. The zero-order valence-electron chi connectivity index (χ0n) is 12.2. The lowest BCUT2D eigenvalue weighted by Crippen LogP contribution is -2.30. The monoisotopic (exact) mass is 279 g/mol. The third-order valence-corrected chi connectivity index (χ3v) is 4.03. The minimum absolute atomic E-state index is 0.0452. The van der Waals surface area contributed by atoms with Crippen LogP contribution in [0.25, 0.3) is 0 Å². The molecule has 0 saturated carbocycles. The first kappa shape index (κ1) is 13.5. The maximum absolute atomic E-state index is 11.3. The Morgan fingerprint density at radius 2 is 2.10 bits per heavy atom. The molecule has 20 heavy (non-hydrogen) atoms. The molecule has 1 aromatic rings. The van der Waals surface area contributed by atoms with E-state index in [2.05, 4.69) is 36.2 Å². The highest BCUT2D eigenvalue weighted by Gasteiger charge is 2.41. The Kier molecular flexibility index (Phi) is 3.28. The molecule has 1 N–H and O–H groups in total. The van der Waals surface area contributed by atoms with E-state index in [4.69, 9.17) is 9.26 Å². The topological polar surface area (TPSA) is 77.2 Å². The number of carbonyl (C=O) groups is 1. The maximum Gasteiger partial charge on any atom is 0.249 e. The van der Waals surface area contributed by atoms with E-state index in [1.165, 1.54) is 0 Å². The quantitative estimate of drug-likeness (QED) is 0.895. The molecule has 6 heteroatoms. The van der Waals surface area contributed by atoms with Gasteiger partial charge in [-0.05, 0) is 18.3 Å². The van der Waals surface area contributed by atoms with Crippen LogP contribution in [0.5, 0.6) is 0 Å². The summed E-state index contributed by atoms with van der Waals surface area (Å²) in [4.78, 5) is 15.8. The second-order valence-electron chi connectivity index (χ2n) is 6.70. The van der Waals surface area contributed by atoms with Crippen molar-refractivity contribution in [3.05, 3.63) is 11.7 Å². The Bertz CT molecular complexity index is 506. The zero-order valence-corrected chi connectivity index (χ0v) is 12.2. The molecule has 6 nitrogen and oxygen atoms in total. The highest BCUT2D eigenvalue weighted by Crippen LogP contribution is 2.40. The molecule has 2 aliphatic heterocycles. The first-order valence-electron chi connectivity index (χ1n) is 7.19. The molecule has 3 atom stereocenters. The number of nitrogens with one attached hydrogen (secondary N) is 1. The summed E-state index contributed by atoms with van der Waals surface area (Å²) in [6.07, 6.45) is 2.27. The molecule has 2 fully saturated rings. The molecule has 2 saturated heterocycles. The number of carbonyl (C=O) groups excluding carboxylic acids is 1. The first-order chi connectivity index (χ1) is 9.45. The summed E-state index contributed by atoms with van der Waals surface area (Å²) in [5.41, 5.74) is 0.0452. The third kappa shape index (κ3) is 2.44. The van der Waals surface area contributed by atoms with Gasteiger partial charge in [-0.25, -0.2) is 0 Å². The summed E-state index contributed by atoms with van der Waals surface area (Å²) in [5.74, 6) is 1.44. The summed E-state index contributed by atoms with van der Waals surface area (Å²) >= 11 is 0. The van der Waals surface area contributed by atoms with Crippen LogP contribution in [0.4, 0.5) is 0 Å². The molecule has 110 valence electrons. The predicted molar refractivity (Wildman–Crippen MR) is 71.0 cm³/mol. The van der Waals surface area contributed by atoms with Crippen LogP contribution >= 0.6 is 0 Å². The molecule has 3 heterocycles. The molecule has 1 amide bonds. The van der Waals surface area contributed by atoms with Crippen molar-refractivity contribution in [2.24, 2.45) is 5.41 Å². The Labute approximate surface area is 118 Å². The van der Waals surface area contributed by atoms with Gasteiger partial charge >= 0.3 is 0 Å². The smallest absolute Gasteiger partial charge is 0.249 e. The molecule has 0 radical (unpaired) electrons. The summed E-state index contributed by atoms with van der Waals surface area (Å²) < 4.78 is 11.2.